The molecule has 0 aromatic heterocycles. The highest BCUT2D eigenvalue weighted by molar-refractivity contribution is 5.79. The number of hydrogen-bond donors (Lipinski definition) is 1. The maximum atomic E-state index is 12.3. The van der Waals surface area contributed by atoms with Gasteiger partial charge in [-0.15, -0.1) is 0 Å². The average Bonchev–Trinajstić information content (AvgIpc) is 3.11. The minimum absolute atomic E-state index is 0.00989. The van der Waals surface area contributed by atoms with E-state index in [0.29, 0.717) is 18.5 Å². The number of alkyl carbamates (subject to hydrolysis) is 1. The number of ether oxygens (including phenoxy) is 2. The fourth-order valence-corrected chi connectivity index (χ4v) is 3.79. The summed E-state index contributed by atoms with van der Waals surface area (Å²) in [5, 5.41) is 2.69. The van der Waals surface area contributed by atoms with Gasteiger partial charge in [0.15, 0.2) is 0 Å². The molecule has 0 spiro atoms. The van der Waals surface area contributed by atoms with Crippen molar-refractivity contribution in [2.24, 2.45) is 0 Å². The molecule has 6 heteroatoms. The molecule has 0 atom stereocenters. The van der Waals surface area contributed by atoms with Gasteiger partial charge >= 0.3 is 12.7 Å². The third-order valence-corrected chi connectivity index (χ3v) is 5.15. The molecular weight excluding hydrogens is 412 g/mol. The summed E-state index contributed by atoms with van der Waals surface area (Å²) in [5.41, 5.74) is 5.23. The number of nitrogens with one attached hydrogen (secondary N) is 1. The molecular formula is C26H21F2NO3. The lowest BCUT2D eigenvalue weighted by Crippen LogP contribution is -2.26. The fourth-order valence-electron chi connectivity index (χ4n) is 3.79. The van der Waals surface area contributed by atoms with Crippen molar-refractivity contribution in [3.63, 3.8) is 0 Å². The number of fused-ring (bicyclic) bond motifs is 3. The van der Waals surface area contributed by atoms with Crippen molar-refractivity contribution in [3.8, 4) is 28.7 Å². The van der Waals surface area contributed by atoms with Gasteiger partial charge in [0.05, 0.1) is 0 Å². The molecule has 0 radical (unpaired) electrons. The van der Waals surface area contributed by atoms with Crippen LogP contribution in [0, 0.1) is 11.8 Å². The number of rotatable bonds is 6. The van der Waals surface area contributed by atoms with E-state index in [9.17, 15) is 13.6 Å². The summed E-state index contributed by atoms with van der Waals surface area (Å²) < 4.78 is 34.4. The molecule has 0 heterocycles. The largest absolute Gasteiger partial charge is 0.449 e. The van der Waals surface area contributed by atoms with E-state index in [1.807, 2.05) is 24.3 Å². The number of halogens is 2. The average molecular weight is 433 g/mol. The van der Waals surface area contributed by atoms with E-state index >= 15 is 0 Å². The topological polar surface area (TPSA) is 47.6 Å². The monoisotopic (exact) mass is 433 g/mol. The van der Waals surface area contributed by atoms with Crippen LogP contribution in [-0.4, -0.2) is 25.9 Å². The van der Waals surface area contributed by atoms with Gasteiger partial charge in [0.1, 0.15) is 12.4 Å². The Kier molecular flexibility index (Phi) is 6.66. The molecule has 4 nitrogen and oxygen atoms in total. The van der Waals surface area contributed by atoms with Gasteiger partial charge in [-0.05, 0) is 40.5 Å². The first kappa shape index (κ1) is 21.4. The number of alkyl halides is 2. The first-order chi connectivity index (χ1) is 15.6. The molecule has 0 unspecified atom stereocenters. The Hall–Kier alpha value is -3.85. The van der Waals surface area contributed by atoms with Crippen LogP contribution in [0.1, 0.15) is 29.0 Å². The van der Waals surface area contributed by atoms with Gasteiger partial charge in [0.2, 0.25) is 0 Å². The summed E-state index contributed by atoms with van der Waals surface area (Å²) >= 11 is 0. The molecule has 0 saturated carbocycles. The van der Waals surface area contributed by atoms with Crippen LogP contribution in [-0.2, 0) is 4.74 Å². The standard InChI is InChI=1S/C26H21F2NO3/c27-25(28)32-19-10-7-9-18(16-19)8-5-6-15-29-26(30)31-17-24-22-13-3-1-11-20(22)21-12-2-4-14-23(21)24/h1-4,7,9-14,16,24-25H,6,15,17H2,(H,29,30). The zero-order valence-corrected chi connectivity index (χ0v) is 17.2. The summed E-state index contributed by atoms with van der Waals surface area (Å²) in [6.07, 6.45) is -0.106. The molecule has 0 bridgehead atoms. The first-order valence-corrected chi connectivity index (χ1v) is 10.2. The lowest BCUT2D eigenvalue weighted by atomic mass is 9.98. The van der Waals surface area contributed by atoms with Crippen LogP contribution in [0.15, 0.2) is 72.8 Å². The van der Waals surface area contributed by atoms with Crippen molar-refractivity contribution >= 4 is 6.09 Å². The maximum absolute atomic E-state index is 12.3. The fraction of sp³-hybridized carbons (Fsp3) is 0.192. The van der Waals surface area contributed by atoms with Crippen LogP contribution < -0.4 is 10.1 Å². The molecule has 1 aliphatic carbocycles. The van der Waals surface area contributed by atoms with Crippen LogP contribution in [0.2, 0.25) is 0 Å². The number of hydrogen-bond acceptors (Lipinski definition) is 3. The molecule has 1 N–H and O–H groups in total. The van der Waals surface area contributed by atoms with Crippen LogP contribution in [0.5, 0.6) is 5.75 Å². The Bertz CT molecular complexity index is 1120. The third kappa shape index (κ3) is 5.06. The van der Waals surface area contributed by atoms with E-state index in [4.69, 9.17) is 4.74 Å². The van der Waals surface area contributed by atoms with Gasteiger partial charge in [0.25, 0.3) is 0 Å². The minimum atomic E-state index is -2.88. The predicted octanol–water partition coefficient (Wildman–Crippen LogP) is 5.57. The molecule has 32 heavy (non-hydrogen) atoms. The zero-order valence-electron chi connectivity index (χ0n) is 17.2. The molecule has 4 rings (SSSR count). The lowest BCUT2D eigenvalue weighted by molar-refractivity contribution is -0.0498. The van der Waals surface area contributed by atoms with Crippen LogP contribution in [0.4, 0.5) is 13.6 Å². The second-order valence-electron chi connectivity index (χ2n) is 7.21. The van der Waals surface area contributed by atoms with Gasteiger partial charge in [0, 0.05) is 24.4 Å². The van der Waals surface area contributed by atoms with E-state index in [2.05, 4.69) is 46.2 Å². The summed E-state index contributed by atoms with van der Waals surface area (Å²) in [6, 6.07) is 22.5. The summed E-state index contributed by atoms with van der Waals surface area (Å²) in [4.78, 5) is 12.1. The third-order valence-electron chi connectivity index (χ3n) is 5.15. The highest BCUT2D eigenvalue weighted by Crippen LogP contribution is 2.44. The van der Waals surface area contributed by atoms with Gasteiger partial charge < -0.3 is 14.8 Å². The Morgan fingerprint density at radius 2 is 1.66 bits per heavy atom. The number of amides is 1. The Labute approximate surface area is 185 Å². The normalized spacial score (nSPS) is 11.8. The summed E-state index contributed by atoms with van der Waals surface area (Å²) in [6.45, 7) is -2.31. The highest BCUT2D eigenvalue weighted by Gasteiger charge is 2.28. The number of carbonyl (C=O) groups excluding carboxylic acids is 1. The molecule has 3 aromatic carbocycles. The summed E-state index contributed by atoms with van der Waals surface area (Å²) in [7, 11) is 0. The molecule has 0 fully saturated rings. The van der Waals surface area contributed by atoms with Crippen molar-refractivity contribution < 1.29 is 23.0 Å². The Morgan fingerprint density at radius 3 is 2.34 bits per heavy atom. The minimum Gasteiger partial charge on any atom is -0.449 e. The van der Waals surface area contributed by atoms with E-state index in [1.165, 1.54) is 23.3 Å². The molecule has 162 valence electrons. The van der Waals surface area contributed by atoms with E-state index in [1.54, 1.807) is 12.1 Å². The Balaban J connectivity index is 1.26. The van der Waals surface area contributed by atoms with Crippen LogP contribution in [0.25, 0.3) is 11.1 Å². The van der Waals surface area contributed by atoms with Crippen molar-refractivity contribution in [2.75, 3.05) is 13.2 Å². The molecule has 1 amide bonds. The smallest absolute Gasteiger partial charge is 0.407 e. The molecule has 1 aliphatic rings. The second kappa shape index (κ2) is 9.97. The molecule has 3 aromatic rings. The summed E-state index contributed by atoms with van der Waals surface area (Å²) in [5.74, 6) is 5.83. The zero-order chi connectivity index (χ0) is 22.3. The van der Waals surface area contributed by atoms with E-state index in [0.717, 1.165) is 11.1 Å². The molecule has 0 aliphatic heterocycles. The van der Waals surface area contributed by atoms with Crippen molar-refractivity contribution in [1.29, 1.82) is 0 Å². The maximum Gasteiger partial charge on any atom is 0.407 e. The van der Waals surface area contributed by atoms with E-state index in [-0.39, 0.29) is 18.3 Å². The van der Waals surface area contributed by atoms with Gasteiger partial charge in [-0.3, -0.25) is 0 Å². The van der Waals surface area contributed by atoms with Gasteiger partial charge in [-0.1, -0.05) is 66.4 Å². The lowest BCUT2D eigenvalue weighted by Gasteiger charge is -2.14. The quantitative estimate of drug-likeness (QED) is 0.409. The van der Waals surface area contributed by atoms with Crippen molar-refractivity contribution in [2.45, 2.75) is 19.0 Å². The number of carbonyl (C=O) groups is 1. The van der Waals surface area contributed by atoms with Gasteiger partial charge in [-0.25, -0.2) is 4.79 Å². The second-order valence-corrected chi connectivity index (χ2v) is 7.21. The SMILES string of the molecule is O=C(NCCC#Cc1cccc(OC(F)F)c1)OCC1c2ccccc2-c2ccccc21. The van der Waals surface area contributed by atoms with Crippen LogP contribution >= 0.6 is 0 Å². The van der Waals surface area contributed by atoms with Gasteiger partial charge in [-0.2, -0.15) is 8.78 Å². The van der Waals surface area contributed by atoms with Crippen molar-refractivity contribution in [1.82, 2.24) is 5.32 Å². The van der Waals surface area contributed by atoms with Crippen molar-refractivity contribution in [3.05, 3.63) is 89.5 Å². The number of benzene rings is 3. The Morgan fingerprint density at radius 1 is 0.969 bits per heavy atom. The van der Waals surface area contributed by atoms with E-state index < -0.39 is 12.7 Å². The predicted molar refractivity (Wildman–Crippen MR) is 118 cm³/mol. The highest BCUT2D eigenvalue weighted by atomic mass is 19.3. The molecule has 0 saturated heterocycles. The van der Waals surface area contributed by atoms with Crippen LogP contribution in [0.3, 0.4) is 0 Å². The first-order valence-electron chi connectivity index (χ1n) is 10.2.